The zero-order chi connectivity index (χ0) is 27.9. The van der Waals surface area contributed by atoms with Crippen LogP contribution in [0.2, 0.25) is 0 Å². The molecule has 0 saturated heterocycles. The van der Waals surface area contributed by atoms with E-state index in [0.29, 0.717) is 23.1 Å². The highest BCUT2D eigenvalue weighted by Crippen LogP contribution is 2.29. The second-order valence-corrected chi connectivity index (χ2v) is 9.98. The fraction of sp³-hybridized carbons (Fsp3) is 0.345. The molecule has 3 aromatic rings. The molecule has 5 N–H and O–H groups in total. The Labute approximate surface area is 220 Å². The standard InChI is InChI=1S/C29H33F3N2O4/c1-28(2,34-17-26(37)22-9-10-25(36)23(14-22)18-35)15-20-6-3-5-19(11-20)13-27(38)33-16-21-7-4-8-24(12-21)29(30,31)32/h3-12,14,26,34-37H,13,15-18H2,1-2H3,(H,33,38)/t26-/m1/s1. The van der Waals surface area contributed by atoms with Gasteiger partial charge in [0.2, 0.25) is 5.91 Å². The van der Waals surface area contributed by atoms with Crippen molar-refractivity contribution >= 4 is 5.91 Å². The van der Waals surface area contributed by atoms with Crippen LogP contribution < -0.4 is 10.6 Å². The molecule has 38 heavy (non-hydrogen) atoms. The molecule has 1 atom stereocenters. The third-order valence-electron chi connectivity index (χ3n) is 6.18. The number of carbonyl (C=O) groups excluding carboxylic acids is 1. The van der Waals surface area contributed by atoms with Gasteiger partial charge in [-0.1, -0.05) is 42.5 Å². The van der Waals surface area contributed by atoms with Gasteiger partial charge in [-0.25, -0.2) is 0 Å². The number of hydrogen-bond acceptors (Lipinski definition) is 5. The number of nitrogens with one attached hydrogen (secondary N) is 2. The van der Waals surface area contributed by atoms with Crippen LogP contribution in [0.15, 0.2) is 66.7 Å². The largest absolute Gasteiger partial charge is 0.508 e. The van der Waals surface area contributed by atoms with Gasteiger partial charge < -0.3 is 26.0 Å². The Morgan fingerprint density at radius 1 is 0.947 bits per heavy atom. The van der Waals surface area contributed by atoms with Crippen molar-refractivity contribution in [1.82, 2.24) is 10.6 Å². The first-order chi connectivity index (χ1) is 17.9. The van der Waals surface area contributed by atoms with Crippen LogP contribution in [-0.4, -0.2) is 33.3 Å². The summed E-state index contributed by atoms with van der Waals surface area (Å²) in [5.41, 5.74) is 1.90. The van der Waals surface area contributed by atoms with E-state index in [9.17, 15) is 33.3 Å². The van der Waals surface area contributed by atoms with Crippen molar-refractivity contribution in [2.24, 2.45) is 0 Å². The molecule has 0 radical (unpaired) electrons. The van der Waals surface area contributed by atoms with Crippen LogP contribution in [0.25, 0.3) is 0 Å². The lowest BCUT2D eigenvalue weighted by Gasteiger charge is -2.28. The monoisotopic (exact) mass is 530 g/mol. The van der Waals surface area contributed by atoms with Crippen LogP contribution in [0.4, 0.5) is 13.2 Å². The van der Waals surface area contributed by atoms with Crippen molar-refractivity contribution in [2.75, 3.05) is 6.54 Å². The number of carbonyl (C=O) groups is 1. The third-order valence-corrected chi connectivity index (χ3v) is 6.18. The molecule has 0 aromatic heterocycles. The minimum Gasteiger partial charge on any atom is -0.508 e. The highest BCUT2D eigenvalue weighted by Gasteiger charge is 2.30. The quantitative estimate of drug-likeness (QED) is 0.253. The average Bonchev–Trinajstić information content (AvgIpc) is 2.86. The molecule has 3 rings (SSSR count). The molecule has 0 aliphatic carbocycles. The van der Waals surface area contributed by atoms with Gasteiger partial charge in [-0.3, -0.25) is 4.79 Å². The molecule has 0 fully saturated rings. The molecule has 204 valence electrons. The Morgan fingerprint density at radius 3 is 2.34 bits per heavy atom. The minimum atomic E-state index is -4.43. The maximum Gasteiger partial charge on any atom is 0.416 e. The Bertz CT molecular complexity index is 1240. The number of rotatable bonds is 11. The van der Waals surface area contributed by atoms with Crippen molar-refractivity contribution < 1.29 is 33.3 Å². The zero-order valence-electron chi connectivity index (χ0n) is 21.3. The lowest BCUT2D eigenvalue weighted by atomic mass is 9.93. The third kappa shape index (κ3) is 8.58. The van der Waals surface area contributed by atoms with Gasteiger partial charge in [0.15, 0.2) is 0 Å². The summed E-state index contributed by atoms with van der Waals surface area (Å²) in [5, 5.41) is 35.6. The topological polar surface area (TPSA) is 102 Å². The highest BCUT2D eigenvalue weighted by molar-refractivity contribution is 5.78. The van der Waals surface area contributed by atoms with Gasteiger partial charge in [-0.05, 0) is 66.8 Å². The number of alkyl halides is 3. The number of amides is 1. The Balaban J connectivity index is 1.53. The number of phenols is 1. The Hall–Kier alpha value is -3.40. The normalized spacial score (nSPS) is 12.8. The van der Waals surface area contributed by atoms with E-state index in [4.69, 9.17) is 0 Å². The van der Waals surface area contributed by atoms with Crippen LogP contribution >= 0.6 is 0 Å². The number of hydrogen-bond donors (Lipinski definition) is 5. The van der Waals surface area contributed by atoms with E-state index >= 15 is 0 Å². The second kappa shape index (κ2) is 12.4. The molecule has 3 aromatic carbocycles. The van der Waals surface area contributed by atoms with Crippen molar-refractivity contribution in [3.8, 4) is 5.75 Å². The molecule has 0 saturated carbocycles. The van der Waals surface area contributed by atoms with E-state index in [0.717, 1.165) is 23.3 Å². The number of β-amino-alcohol motifs (C(OH)–C–C–N with tert-alkyl or cyclic N) is 1. The van der Waals surface area contributed by atoms with Crippen LogP contribution in [-0.2, 0) is 37.0 Å². The lowest BCUT2D eigenvalue weighted by Crippen LogP contribution is -2.43. The first-order valence-corrected chi connectivity index (χ1v) is 12.2. The van der Waals surface area contributed by atoms with E-state index in [-0.39, 0.29) is 37.8 Å². The van der Waals surface area contributed by atoms with Gasteiger partial charge in [0.05, 0.1) is 24.7 Å². The summed E-state index contributed by atoms with van der Waals surface area (Å²) >= 11 is 0. The summed E-state index contributed by atoms with van der Waals surface area (Å²) < 4.78 is 38.7. The van der Waals surface area contributed by atoms with E-state index in [1.54, 1.807) is 12.1 Å². The molecular formula is C29H33F3N2O4. The average molecular weight is 531 g/mol. The van der Waals surface area contributed by atoms with E-state index in [1.807, 2.05) is 38.1 Å². The summed E-state index contributed by atoms with van der Waals surface area (Å²) in [5.74, 6) is -0.322. The van der Waals surface area contributed by atoms with Crippen LogP contribution in [0.3, 0.4) is 0 Å². The molecule has 9 heteroatoms. The van der Waals surface area contributed by atoms with Crippen LogP contribution in [0.1, 0.15) is 53.3 Å². The maximum absolute atomic E-state index is 12.9. The first-order valence-electron chi connectivity index (χ1n) is 12.2. The highest BCUT2D eigenvalue weighted by atomic mass is 19.4. The predicted molar refractivity (Wildman–Crippen MR) is 138 cm³/mol. The summed E-state index contributed by atoms with van der Waals surface area (Å²) in [6, 6.07) is 17.0. The van der Waals surface area contributed by atoms with Gasteiger partial charge in [-0.15, -0.1) is 0 Å². The van der Waals surface area contributed by atoms with Crippen LogP contribution in [0.5, 0.6) is 5.75 Å². The predicted octanol–water partition coefficient (Wildman–Crippen LogP) is 4.41. The summed E-state index contributed by atoms with van der Waals surface area (Å²) in [4.78, 5) is 12.4. The molecule has 0 spiro atoms. The van der Waals surface area contributed by atoms with E-state index in [1.165, 1.54) is 18.2 Å². The summed E-state index contributed by atoms with van der Waals surface area (Å²) in [6.45, 7) is 3.90. The molecule has 0 bridgehead atoms. The molecule has 0 aliphatic heterocycles. The number of aliphatic hydroxyl groups is 2. The van der Waals surface area contributed by atoms with Gasteiger partial charge in [0.1, 0.15) is 5.75 Å². The van der Waals surface area contributed by atoms with Gasteiger partial charge >= 0.3 is 6.18 Å². The van der Waals surface area contributed by atoms with Crippen molar-refractivity contribution in [1.29, 1.82) is 0 Å². The van der Waals surface area contributed by atoms with Gasteiger partial charge in [-0.2, -0.15) is 13.2 Å². The first kappa shape index (κ1) is 29.2. The van der Waals surface area contributed by atoms with E-state index in [2.05, 4.69) is 10.6 Å². The minimum absolute atomic E-state index is 0.00253. The number of benzene rings is 3. The number of aliphatic hydroxyl groups excluding tert-OH is 2. The molecular weight excluding hydrogens is 497 g/mol. The number of halogens is 3. The number of aromatic hydroxyl groups is 1. The van der Waals surface area contributed by atoms with Gasteiger partial charge in [0, 0.05) is 24.2 Å². The van der Waals surface area contributed by atoms with Crippen molar-refractivity contribution in [2.45, 2.75) is 57.7 Å². The molecule has 0 unspecified atom stereocenters. The maximum atomic E-state index is 12.9. The van der Waals surface area contributed by atoms with Crippen molar-refractivity contribution in [3.63, 3.8) is 0 Å². The fourth-order valence-corrected chi connectivity index (χ4v) is 4.16. The zero-order valence-corrected chi connectivity index (χ0v) is 21.3. The smallest absolute Gasteiger partial charge is 0.416 e. The van der Waals surface area contributed by atoms with Gasteiger partial charge in [0.25, 0.3) is 0 Å². The second-order valence-electron chi connectivity index (χ2n) is 9.98. The molecule has 0 aliphatic rings. The SMILES string of the molecule is CC(C)(Cc1cccc(CC(=O)NCc2cccc(C(F)(F)F)c2)c1)NC[C@@H](O)c1ccc(O)c(CO)c1. The molecule has 0 heterocycles. The lowest BCUT2D eigenvalue weighted by molar-refractivity contribution is -0.137. The van der Waals surface area contributed by atoms with E-state index < -0.39 is 23.4 Å². The van der Waals surface area contributed by atoms with Crippen molar-refractivity contribution in [3.05, 3.63) is 100 Å². The Morgan fingerprint density at radius 2 is 1.63 bits per heavy atom. The van der Waals surface area contributed by atoms with Crippen LogP contribution in [0, 0.1) is 0 Å². The summed E-state index contributed by atoms with van der Waals surface area (Å²) in [6.07, 6.45) is -4.58. The fourth-order valence-electron chi connectivity index (χ4n) is 4.16. The molecule has 6 nitrogen and oxygen atoms in total. The summed E-state index contributed by atoms with van der Waals surface area (Å²) in [7, 11) is 0. The Kier molecular flexibility index (Phi) is 9.54. The molecule has 1 amide bonds.